The number of halogens is 2. The summed E-state index contributed by atoms with van der Waals surface area (Å²) in [4.78, 5) is 0. The number of hydrogen-bond donors (Lipinski definition) is 1. The number of benzene rings is 1. The van der Waals surface area contributed by atoms with Gasteiger partial charge in [-0.25, -0.2) is 4.39 Å². The van der Waals surface area contributed by atoms with Crippen LogP contribution in [0.1, 0.15) is 19.4 Å². The van der Waals surface area contributed by atoms with E-state index < -0.39 is 0 Å². The second-order valence-electron chi connectivity index (χ2n) is 4.48. The summed E-state index contributed by atoms with van der Waals surface area (Å²) >= 11 is 3.18. The Labute approximate surface area is 111 Å². The predicted molar refractivity (Wildman–Crippen MR) is 73.0 cm³/mol. The van der Waals surface area contributed by atoms with Crippen molar-refractivity contribution in [3.05, 3.63) is 28.0 Å². The molecule has 0 spiro atoms. The molecule has 4 heteroatoms. The predicted octanol–water partition coefficient (Wildman–Crippen LogP) is 3.98. The smallest absolute Gasteiger partial charge is 0.137 e. The van der Waals surface area contributed by atoms with E-state index >= 15 is 0 Å². The standard InChI is InChI=1S/C13H19BrFNO/c1-9(2)8-17-5-4-16-13-7-11(14)12(15)6-10(13)3/h6-7,9,16H,4-5,8H2,1-3H3. The van der Waals surface area contributed by atoms with Gasteiger partial charge in [-0.05, 0) is 46.5 Å². The van der Waals surface area contributed by atoms with E-state index in [9.17, 15) is 4.39 Å². The fourth-order valence-electron chi connectivity index (χ4n) is 1.41. The van der Waals surface area contributed by atoms with Gasteiger partial charge in [0.05, 0.1) is 11.1 Å². The summed E-state index contributed by atoms with van der Waals surface area (Å²) in [7, 11) is 0. The molecule has 1 rings (SSSR count). The van der Waals surface area contributed by atoms with Crippen LogP contribution in [0, 0.1) is 18.7 Å². The van der Waals surface area contributed by atoms with Crippen molar-refractivity contribution >= 4 is 21.6 Å². The Bertz CT molecular complexity index is 369. The largest absolute Gasteiger partial charge is 0.382 e. The lowest BCUT2D eigenvalue weighted by molar-refractivity contribution is 0.118. The van der Waals surface area contributed by atoms with Gasteiger partial charge in [0, 0.05) is 18.8 Å². The molecular weight excluding hydrogens is 285 g/mol. The van der Waals surface area contributed by atoms with Gasteiger partial charge in [-0.15, -0.1) is 0 Å². The third kappa shape index (κ3) is 5.04. The molecule has 2 nitrogen and oxygen atoms in total. The average molecular weight is 304 g/mol. The summed E-state index contributed by atoms with van der Waals surface area (Å²) in [6, 6.07) is 3.27. The number of ether oxygens (including phenoxy) is 1. The van der Waals surface area contributed by atoms with Crippen molar-refractivity contribution < 1.29 is 9.13 Å². The molecule has 17 heavy (non-hydrogen) atoms. The molecule has 0 bridgehead atoms. The first kappa shape index (κ1) is 14.5. The molecule has 0 aliphatic carbocycles. The van der Waals surface area contributed by atoms with Gasteiger partial charge in [0.1, 0.15) is 5.82 Å². The van der Waals surface area contributed by atoms with Crippen LogP contribution >= 0.6 is 15.9 Å². The maximum Gasteiger partial charge on any atom is 0.137 e. The monoisotopic (exact) mass is 303 g/mol. The lowest BCUT2D eigenvalue weighted by atomic mass is 10.2. The quantitative estimate of drug-likeness (QED) is 0.803. The summed E-state index contributed by atoms with van der Waals surface area (Å²) in [5.41, 5.74) is 1.83. The van der Waals surface area contributed by atoms with Crippen molar-refractivity contribution in [1.82, 2.24) is 0 Å². The summed E-state index contributed by atoms with van der Waals surface area (Å²) in [6.07, 6.45) is 0. The SMILES string of the molecule is Cc1cc(F)c(Br)cc1NCCOCC(C)C. The van der Waals surface area contributed by atoms with Crippen LogP contribution in [0.5, 0.6) is 0 Å². The molecule has 0 radical (unpaired) electrons. The molecule has 1 aromatic carbocycles. The lowest BCUT2D eigenvalue weighted by Gasteiger charge is -2.11. The molecule has 0 saturated carbocycles. The van der Waals surface area contributed by atoms with Crippen molar-refractivity contribution in [2.45, 2.75) is 20.8 Å². The first-order valence-electron chi connectivity index (χ1n) is 5.78. The third-order valence-electron chi connectivity index (χ3n) is 2.28. The Morgan fingerprint density at radius 1 is 1.41 bits per heavy atom. The zero-order valence-corrected chi connectivity index (χ0v) is 12.1. The van der Waals surface area contributed by atoms with E-state index in [-0.39, 0.29) is 5.82 Å². The van der Waals surface area contributed by atoms with Crippen molar-refractivity contribution in [3.63, 3.8) is 0 Å². The molecule has 0 heterocycles. The summed E-state index contributed by atoms with van der Waals surface area (Å²) in [5, 5.41) is 3.23. The van der Waals surface area contributed by atoms with Gasteiger partial charge in [0.25, 0.3) is 0 Å². The van der Waals surface area contributed by atoms with Gasteiger partial charge in [-0.3, -0.25) is 0 Å². The Hall–Kier alpha value is -0.610. The average Bonchev–Trinajstić information content (AvgIpc) is 2.24. The maximum absolute atomic E-state index is 13.2. The van der Waals surface area contributed by atoms with Crippen LogP contribution in [0.3, 0.4) is 0 Å². The highest BCUT2D eigenvalue weighted by atomic mass is 79.9. The van der Waals surface area contributed by atoms with E-state index in [0.717, 1.165) is 24.4 Å². The first-order chi connectivity index (χ1) is 8.00. The zero-order valence-electron chi connectivity index (χ0n) is 10.5. The minimum Gasteiger partial charge on any atom is -0.382 e. The summed E-state index contributed by atoms with van der Waals surface area (Å²) in [5.74, 6) is 0.320. The van der Waals surface area contributed by atoms with E-state index in [1.54, 1.807) is 6.07 Å². The molecule has 0 amide bonds. The Balaban J connectivity index is 2.39. The van der Waals surface area contributed by atoms with E-state index in [4.69, 9.17) is 4.74 Å². The molecular formula is C13H19BrFNO. The van der Waals surface area contributed by atoms with Crippen LogP contribution < -0.4 is 5.32 Å². The fourth-order valence-corrected chi connectivity index (χ4v) is 1.76. The number of rotatable bonds is 6. The molecule has 1 N–H and O–H groups in total. The molecule has 0 aliphatic heterocycles. The first-order valence-corrected chi connectivity index (χ1v) is 6.57. The number of aryl methyl sites for hydroxylation is 1. The summed E-state index contributed by atoms with van der Waals surface area (Å²) in [6.45, 7) is 8.28. The van der Waals surface area contributed by atoms with Crippen LogP contribution in [-0.4, -0.2) is 19.8 Å². The van der Waals surface area contributed by atoms with Crippen molar-refractivity contribution in [3.8, 4) is 0 Å². The number of anilines is 1. The molecule has 0 unspecified atom stereocenters. The highest BCUT2D eigenvalue weighted by Crippen LogP contribution is 2.23. The minimum atomic E-state index is -0.232. The van der Waals surface area contributed by atoms with Crippen molar-refractivity contribution in [2.24, 2.45) is 5.92 Å². The molecule has 0 fully saturated rings. The maximum atomic E-state index is 13.2. The van der Waals surface area contributed by atoms with Gasteiger partial charge in [-0.2, -0.15) is 0 Å². The molecule has 0 aromatic heterocycles. The van der Waals surface area contributed by atoms with Gasteiger partial charge >= 0.3 is 0 Å². The van der Waals surface area contributed by atoms with Crippen LogP contribution in [0.4, 0.5) is 10.1 Å². The molecule has 0 saturated heterocycles. The molecule has 96 valence electrons. The van der Waals surface area contributed by atoms with Gasteiger partial charge < -0.3 is 10.1 Å². The van der Waals surface area contributed by atoms with Crippen molar-refractivity contribution in [2.75, 3.05) is 25.1 Å². The van der Waals surface area contributed by atoms with E-state index in [1.165, 1.54) is 6.07 Å². The third-order valence-corrected chi connectivity index (χ3v) is 2.89. The Kier molecular flexibility index (Phi) is 5.92. The van der Waals surface area contributed by atoms with Crippen LogP contribution in [0.2, 0.25) is 0 Å². The van der Waals surface area contributed by atoms with E-state index in [0.29, 0.717) is 17.0 Å². The van der Waals surface area contributed by atoms with Gasteiger partial charge in [0.15, 0.2) is 0 Å². The molecule has 1 aromatic rings. The van der Waals surface area contributed by atoms with Gasteiger partial charge in [-0.1, -0.05) is 13.8 Å². The zero-order chi connectivity index (χ0) is 12.8. The highest BCUT2D eigenvalue weighted by molar-refractivity contribution is 9.10. The normalized spacial score (nSPS) is 10.9. The van der Waals surface area contributed by atoms with Crippen molar-refractivity contribution in [1.29, 1.82) is 0 Å². The number of nitrogens with one attached hydrogen (secondary N) is 1. The minimum absolute atomic E-state index is 0.232. The summed E-state index contributed by atoms with van der Waals surface area (Å²) < 4.78 is 19.1. The highest BCUT2D eigenvalue weighted by Gasteiger charge is 2.04. The van der Waals surface area contributed by atoms with Crippen LogP contribution in [0.15, 0.2) is 16.6 Å². The lowest BCUT2D eigenvalue weighted by Crippen LogP contribution is -2.12. The van der Waals surface area contributed by atoms with Crippen LogP contribution in [-0.2, 0) is 4.74 Å². The fraction of sp³-hybridized carbons (Fsp3) is 0.538. The second-order valence-corrected chi connectivity index (χ2v) is 5.33. The molecule has 0 aliphatic rings. The Morgan fingerprint density at radius 2 is 2.12 bits per heavy atom. The van der Waals surface area contributed by atoms with E-state index in [2.05, 4.69) is 35.1 Å². The second kappa shape index (κ2) is 6.97. The van der Waals surface area contributed by atoms with Gasteiger partial charge in [0.2, 0.25) is 0 Å². The number of hydrogen-bond acceptors (Lipinski definition) is 2. The van der Waals surface area contributed by atoms with Crippen LogP contribution in [0.25, 0.3) is 0 Å². The Morgan fingerprint density at radius 3 is 2.76 bits per heavy atom. The topological polar surface area (TPSA) is 21.3 Å². The molecule has 0 atom stereocenters. The van der Waals surface area contributed by atoms with E-state index in [1.807, 2.05) is 6.92 Å².